The molecular weight excluding hydrogens is 659 g/mol. The van der Waals surface area contributed by atoms with Crippen LogP contribution in [0.2, 0.25) is 0 Å². The Kier molecular flexibility index (Phi) is 9.07. The second-order valence-corrected chi connectivity index (χ2v) is 17.0. The number of fused-ring (bicyclic) bond motifs is 1. The molecular formula is C34H37N3O9S2. The van der Waals surface area contributed by atoms with Crippen LogP contribution in [0.15, 0.2) is 83.6 Å². The van der Waals surface area contributed by atoms with Gasteiger partial charge in [0.15, 0.2) is 15.9 Å². The number of rotatable bonds is 7. The van der Waals surface area contributed by atoms with Crippen LogP contribution in [-0.2, 0) is 44.5 Å². The Morgan fingerprint density at radius 3 is 2.21 bits per heavy atom. The molecule has 3 amide bonds. The summed E-state index contributed by atoms with van der Waals surface area (Å²) in [7, 11) is -5.01. The van der Waals surface area contributed by atoms with Crippen LogP contribution in [0.5, 0.6) is 0 Å². The number of carbonyl (C=O) groups excluding carboxylic acids is 4. The van der Waals surface area contributed by atoms with Crippen molar-refractivity contribution >= 4 is 44.5 Å². The van der Waals surface area contributed by atoms with Gasteiger partial charge in [-0.05, 0) is 56.4 Å². The topological polar surface area (TPSA) is 156 Å². The number of likely N-dealkylation sites (tertiary alicyclic amines) is 1. The van der Waals surface area contributed by atoms with Gasteiger partial charge in [0, 0.05) is 18.2 Å². The molecule has 1 N–H and O–H groups in total. The number of benzene rings is 2. The number of alkyl carbamates (subject to hydrolysis) is 1. The maximum absolute atomic E-state index is 14.2. The fourth-order valence-corrected chi connectivity index (χ4v) is 9.79. The molecule has 4 heterocycles. The highest BCUT2D eigenvalue weighted by Crippen LogP contribution is 2.39. The van der Waals surface area contributed by atoms with Crippen molar-refractivity contribution in [3.8, 4) is 0 Å². The number of nitrogens with zero attached hydrogens (tertiary/aromatic N) is 2. The summed E-state index contributed by atoms with van der Waals surface area (Å²) in [5.41, 5.74) is 0.856. The van der Waals surface area contributed by atoms with Gasteiger partial charge >= 0.3 is 12.1 Å². The van der Waals surface area contributed by atoms with Crippen LogP contribution in [0.3, 0.4) is 0 Å². The largest absolute Gasteiger partial charge is 0.448 e. The van der Waals surface area contributed by atoms with Crippen molar-refractivity contribution in [2.24, 2.45) is 0 Å². The Balaban J connectivity index is 1.36. The van der Waals surface area contributed by atoms with E-state index < -0.39 is 67.8 Å². The minimum absolute atomic E-state index is 0.0154. The smallest absolute Gasteiger partial charge is 0.408 e. The lowest BCUT2D eigenvalue weighted by Crippen LogP contribution is -2.73. The van der Waals surface area contributed by atoms with Crippen molar-refractivity contribution in [1.82, 2.24) is 15.1 Å². The first-order valence-corrected chi connectivity index (χ1v) is 18.9. The highest BCUT2D eigenvalue weighted by molar-refractivity contribution is 7.91. The number of hydrogen-bond donors (Lipinski definition) is 1. The van der Waals surface area contributed by atoms with Crippen LogP contribution in [0.4, 0.5) is 4.79 Å². The minimum atomic E-state index is -3.23. The molecule has 1 unspecified atom stereocenters. The molecule has 48 heavy (non-hydrogen) atoms. The molecule has 2 aromatic carbocycles. The molecule has 4 aliphatic heterocycles. The number of allylic oxidation sites excluding steroid dienone is 1. The molecule has 4 aliphatic rings. The van der Waals surface area contributed by atoms with E-state index >= 15 is 0 Å². The Morgan fingerprint density at radius 1 is 1.02 bits per heavy atom. The van der Waals surface area contributed by atoms with Gasteiger partial charge in [0.2, 0.25) is 5.91 Å². The van der Waals surface area contributed by atoms with Crippen molar-refractivity contribution < 1.29 is 41.3 Å². The summed E-state index contributed by atoms with van der Waals surface area (Å²) in [6.07, 6.45) is 0.398. The number of ether oxygens (including phenoxy) is 2. The van der Waals surface area contributed by atoms with Crippen molar-refractivity contribution in [2.75, 3.05) is 23.8 Å². The normalized spacial score (nSPS) is 26.0. The molecule has 3 saturated heterocycles. The fraction of sp³-hybridized carbons (Fsp3) is 0.412. The minimum Gasteiger partial charge on any atom is -0.448 e. The first-order chi connectivity index (χ1) is 22.7. The summed E-state index contributed by atoms with van der Waals surface area (Å²) in [5.74, 6) is -2.19. The molecule has 0 bridgehead atoms. The van der Waals surface area contributed by atoms with E-state index in [-0.39, 0.29) is 40.9 Å². The lowest BCUT2D eigenvalue weighted by Gasteiger charge is -2.49. The molecule has 0 saturated carbocycles. The van der Waals surface area contributed by atoms with Crippen molar-refractivity contribution in [3.05, 3.63) is 94.7 Å². The van der Waals surface area contributed by atoms with Crippen LogP contribution >= 0.6 is 0 Å². The molecule has 14 heteroatoms. The van der Waals surface area contributed by atoms with Gasteiger partial charge in [-0.25, -0.2) is 18.0 Å². The van der Waals surface area contributed by atoms with Crippen molar-refractivity contribution in [3.63, 3.8) is 0 Å². The second kappa shape index (κ2) is 13.0. The van der Waals surface area contributed by atoms with Gasteiger partial charge in [-0.1, -0.05) is 60.7 Å². The molecule has 2 aromatic rings. The molecule has 0 spiro atoms. The summed E-state index contributed by atoms with van der Waals surface area (Å²) < 4.78 is 49.3. The average molecular weight is 696 g/mol. The molecule has 3 fully saturated rings. The van der Waals surface area contributed by atoms with E-state index in [1.54, 1.807) is 20.8 Å². The van der Waals surface area contributed by atoms with Crippen LogP contribution in [0, 0.1) is 0 Å². The lowest BCUT2D eigenvalue weighted by atomic mass is 10.00. The monoisotopic (exact) mass is 695 g/mol. The number of hydrogen-bond acceptors (Lipinski definition) is 9. The zero-order valence-electron chi connectivity index (χ0n) is 26.8. The fourth-order valence-electron chi connectivity index (χ4n) is 6.43. The zero-order valence-corrected chi connectivity index (χ0v) is 28.4. The Morgan fingerprint density at radius 2 is 1.65 bits per heavy atom. The Bertz CT molecular complexity index is 1800. The third kappa shape index (κ3) is 6.81. The maximum Gasteiger partial charge on any atom is 0.408 e. The van der Waals surface area contributed by atoms with E-state index in [1.807, 2.05) is 60.7 Å². The molecule has 0 radical (unpaired) electrons. The van der Waals surface area contributed by atoms with Gasteiger partial charge in [-0.3, -0.25) is 18.7 Å². The first-order valence-electron chi connectivity index (χ1n) is 15.7. The van der Waals surface area contributed by atoms with Crippen molar-refractivity contribution in [1.29, 1.82) is 0 Å². The number of carbonyl (C=O) groups is 4. The summed E-state index contributed by atoms with van der Waals surface area (Å²) in [6, 6.07) is 16.5. The standard InChI is InChI=1S/C34H37N3O9S2/c1-34(2,3)46-33(41)35-26-30(39)37-27(32(40)45-28(21-10-6-4-7-11-21)22-12-8-5-9-13-22)24(19-47(42)31(26)37)18-23-14-16-36(29(23)38)25-15-17-48(43,44)20-25/h4-13,18,25-26,28,31H,14-17,19-20H2,1-3H3,(H,35,41)/b23-18+/t25?,26-,31-,47+/m1/s1. The number of β-lactam (4-membered cyclic amide) rings is 1. The molecule has 6 rings (SSSR count). The number of sulfone groups is 1. The van der Waals surface area contributed by atoms with E-state index in [0.29, 0.717) is 29.7 Å². The number of amides is 3. The molecule has 0 aromatic heterocycles. The van der Waals surface area contributed by atoms with E-state index in [1.165, 1.54) is 11.0 Å². The van der Waals surface area contributed by atoms with Crippen LogP contribution in [0.25, 0.3) is 0 Å². The average Bonchev–Trinajstić information content (AvgIpc) is 3.58. The third-order valence-corrected chi connectivity index (χ3v) is 12.0. The number of esters is 1. The third-order valence-electron chi connectivity index (χ3n) is 8.61. The summed E-state index contributed by atoms with van der Waals surface area (Å²) in [5, 5.41) is 1.43. The van der Waals surface area contributed by atoms with Gasteiger partial charge in [-0.15, -0.1) is 0 Å². The van der Waals surface area contributed by atoms with Crippen LogP contribution < -0.4 is 5.32 Å². The van der Waals surface area contributed by atoms with E-state index in [0.717, 1.165) is 4.90 Å². The Labute approximate surface area is 281 Å². The quantitative estimate of drug-likeness (QED) is 0.262. The summed E-state index contributed by atoms with van der Waals surface area (Å²) >= 11 is 0. The summed E-state index contributed by atoms with van der Waals surface area (Å²) in [4.78, 5) is 56.6. The Hall–Kier alpha value is -4.30. The van der Waals surface area contributed by atoms with Crippen LogP contribution in [0.1, 0.15) is 50.8 Å². The van der Waals surface area contributed by atoms with Gasteiger partial charge in [0.25, 0.3) is 5.91 Å². The molecule has 0 aliphatic carbocycles. The van der Waals surface area contributed by atoms with Crippen LogP contribution in [-0.4, -0.2) is 93.2 Å². The van der Waals surface area contributed by atoms with Gasteiger partial charge in [0.1, 0.15) is 22.7 Å². The van der Waals surface area contributed by atoms with E-state index in [4.69, 9.17) is 9.47 Å². The molecule has 254 valence electrons. The number of nitrogens with one attached hydrogen (secondary N) is 1. The van der Waals surface area contributed by atoms with Gasteiger partial charge < -0.3 is 19.7 Å². The second-order valence-electron chi connectivity index (χ2n) is 13.2. The molecule has 12 nitrogen and oxygen atoms in total. The first kappa shape index (κ1) is 33.6. The lowest BCUT2D eigenvalue weighted by molar-refractivity contribution is -0.153. The van der Waals surface area contributed by atoms with E-state index in [2.05, 4.69) is 5.32 Å². The predicted octanol–water partition coefficient (Wildman–Crippen LogP) is 2.74. The van der Waals surface area contributed by atoms with Crippen molar-refractivity contribution in [2.45, 2.75) is 62.8 Å². The van der Waals surface area contributed by atoms with E-state index in [9.17, 15) is 31.8 Å². The van der Waals surface area contributed by atoms with Gasteiger partial charge in [0.05, 0.1) is 28.1 Å². The molecule has 4 atom stereocenters. The maximum atomic E-state index is 14.2. The van der Waals surface area contributed by atoms with Gasteiger partial charge in [-0.2, -0.15) is 0 Å². The SMILES string of the molecule is CC(C)(C)OC(=O)N[C@@H]1C(=O)N2C(C(=O)OC(c3ccccc3)c3ccccc3)=C(/C=C3\CCN(C4CCS(=O)(=O)C4)C3=O)C[S@](=O)[C@H]12. The zero-order chi connectivity index (χ0) is 34.4. The highest BCUT2D eigenvalue weighted by Gasteiger charge is 2.58. The summed E-state index contributed by atoms with van der Waals surface area (Å²) in [6.45, 7) is 5.32. The highest BCUT2D eigenvalue weighted by atomic mass is 32.2. The predicted molar refractivity (Wildman–Crippen MR) is 176 cm³/mol.